The molecule has 1 N–H and O–H groups in total. The van der Waals surface area contributed by atoms with Crippen molar-refractivity contribution >= 4 is 35.1 Å². The molecule has 1 aromatic heterocycles. The SMILES string of the molecule is C[C@H](NC(=O)C1=CCC(Cl)S1)c1cc(-c2ccc(C3=NCCN3C)cc2)no1. The van der Waals surface area contributed by atoms with Gasteiger partial charge in [-0.25, -0.2) is 0 Å². The number of rotatable bonds is 5. The number of nitrogens with one attached hydrogen (secondary N) is 1. The van der Waals surface area contributed by atoms with E-state index in [9.17, 15) is 4.79 Å². The summed E-state index contributed by atoms with van der Waals surface area (Å²) in [6.45, 7) is 3.66. The first-order chi connectivity index (χ1) is 13.5. The van der Waals surface area contributed by atoms with E-state index in [2.05, 4.69) is 20.4 Å². The van der Waals surface area contributed by atoms with Gasteiger partial charge in [-0.05, 0) is 13.3 Å². The first-order valence-electron chi connectivity index (χ1n) is 9.16. The number of allylic oxidation sites excluding steroid dienone is 1. The van der Waals surface area contributed by atoms with Crippen molar-refractivity contribution in [2.24, 2.45) is 4.99 Å². The summed E-state index contributed by atoms with van der Waals surface area (Å²) in [6, 6.07) is 9.68. The van der Waals surface area contributed by atoms with Gasteiger partial charge in [-0.1, -0.05) is 35.5 Å². The molecule has 0 saturated carbocycles. The number of nitrogens with zero attached hydrogens (tertiary/aromatic N) is 3. The molecule has 4 rings (SSSR count). The molecule has 2 aliphatic rings. The van der Waals surface area contributed by atoms with Gasteiger partial charge in [0.05, 0.1) is 22.2 Å². The third-order valence-electron chi connectivity index (χ3n) is 4.77. The van der Waals surface area contributed by atoms with Crippen molar-refractivity contribution in [1.82, 2.24) is 15.4 Å². The highest BCUT2D eigenvalue weighted by Crippen LogP contribution is 2.35. The van der Waals surface area contributed by atoms with Crippen LogP contribution in [0.4, 0.5) is 0 Å². The van der Waals surface area contributed by atoms with Gasteiger partial charge in [-0.15, -0.1) is 23.4 Å². The van der Waals surface area contributed by atoms with Crippen molar-refractivity contribution in [3.8, 4) is 11.3 Å². The number of hydrogen-bond donors (Lipinski definition) is 1. The van der Waals surface area contributed by atoms with Crippen molar-refractivity contribution in [2.75, 3.05) is 20.1 Å². The van der Waals surface area contributed by atoms with Crippen LogP contribution in [0, 0.1) is 0 Å². The fraction of sp³-hybridized carbons (Fsp3) is 0.350. The van der Waals surface area contributed by atoms with E-state index in [1.165, 1.54) is 11.8 Å². The lowest BCUT2D eigenvalue weighted by molar-refractivity contribution is -0.117. The Bertz CT molecular complexity index is 938. The third kappa shape index (κ3) is 3.95. The number of halogens is 1. The first-order valence-corrected chi connectivity index (χ1v) is 10.5. The van der Waals surface area contributed by atoms with Gasteiger partial charge in [-0.2, -0.15) is 0 Å². The molecule has 0 fully saturated rings. The Balaban J connectivity index is 1.43. The molecule has 0 radical (unpaired) electrons. The number of likely N-dealkylation sites (N-methyl/N-ethyl adjacent to an activating group) is 1. The average molecular weight is 417 g/mol. The third-order valence-corrected chi connectivity index (χ3v) is 6.27. The predicted molar refractivity (Wildman–Crippen MR) is 112 cm³/mol. The van der Waals surface area contributed by atoms with Crippen LogP contribution in [0.15, 0.2) is 50.8 Å². The summed E-state index contributed by atoms with van der Waals surface area (Å²) in [5, 5.41) is 7.09. The Morgan fingerprint density at radius 1 is 1.36 bits per heavy atom. The van der Waals surface area contributed by atoms with Crippen molar-refractivity contribution in [1.29, 1.82) is 0 Å². The Hall–Kier alpha value is -2.25. The summed E-state index contributed by atoms with van der Waals surface area (Å²) in [5.74, 6) is 1.49. The van der Waals surface area contributed by atoms with Crippen molar-refractivity contribution < 1.29 is 9.32 Å². The van der Waals surface area contributed by atoms with Gasteiger partial charge in [0.2, 0.25) is 0 Å². The minimum absolute atomic E-state index is 0.0640. The molecular weight excluding hydrogens is 396 g/mol. The highest BCUT2D eigenvalue weighted by atomic mass is 35.5. The van der Waals surface area contributed by atoms with E-state index in [1.54, 1.807) is 0 Å². The summed E-state index contributed by atoms with van der Waals surface area (Å²) < 4.78 is 5.40. The number of aliphatic imine (C=N–C) groups is 1. The second-order valence-electron chi connectivity index (χ2n) is 6.85. The van der Waals surface area contributed by atoms with Gasteiger partial charge in [0.1, 0.15) is 11.5 Å². The number of alkyl halides is 1. The predicted octanol–water partition coefficient (Wildman–Crippen LogP) is 3.80. The van der Waals surface area contributed by atoms with E-state index in [0.717, 1.165) is 35.7 Å². The van der Waals surface area contributed by atoms with Gasteiger partial charge in [0.15, 0.2) is 5.76 Å². The topological polar surface area (TPSA) is 70.7 Å². The Morgan fingerprint density at radius 3 is 2.75 bits per heavy atom. The maximum atomic E-state index is 12.3. The first kappa shape index (κ1) is 19.1. The van der Waals surface area contributed by atoms with Gasteiger partial charge >= 0.3 is 0 Å². The molecule has 146 valence electrons. The Kier molecular flexibility index (Phi) is 5.46. The molecule has 1 amide bonds. The second kappa shape index (κ2) is 8.01. The van der Waals surface area contributed by atoms with Crippen LogP contribution in [-0.4, -0.2) is 46.6 Å². The maximum absolute atomic E-state index is 12.3. The molecule has 1 aromatic carbocycles. The van der Waals surface area contributed by atoms with Crippen LogP contribution in [-0.2, 0) is 4.79 Å². The maximum Gasteiger partial charge on any atom is 0.257 e. The van der Waals surface area contributed by atoms with Crippen molar-refractivity contribution in [3.05, 3.63) is 52.6 Å². The zero-order chi connectivity index (χ0) is 19.7. The lowest BCUT2D eigenvalue weighted by Gasteiger charge is -2.13. The van der Waals surface area contributed by atoms with Crippen LogP contribution in [0.3, 0.4) is 0 Å². The second-order valence-corrected chi connectivity index (χ2v) is 8.88. The molecule has 1 unspecified atom stereocenters. The summed E-state index contributed by atoms with van der Waals surface area (Å²) in [6.07, 6.45) is 2.57. The minimum atomic E-state index is -0.287. The van der Waals surface area contributed by atoms with E-state index < -0.39 is 0 Å². The number of aromatic nitrogens is 1. The fourth-order valence-corrected chi connectivity index (χ4v) is 4.39. The molecule has 6 nitrogen and oxygen atoms in total. The molecular formula is C20H21ClN4O2S. The summed E-state index contributed by atoms with van der Waals surface area (Å²) in [4.78, 5) is 19.6. The van der Waals surface area contributed by atoms with E-state index in [4.69, 9.17) is 16.1 Å². The normalized spacial score (nSPS) is 20.1. The molecule has 3 heterocycles. The summed E-state index contributed by atoms with van der Waals surface area (Å²) in [5.41, 5.74) is 2.78. The van der Waals surface area contributed by atoms with Crippen LogP contribution in [0.1, 0.15) is 30.7 Å². The van der Waals surface area contributed by atoms with Crippen molar-refractivity contribution in [3.63, 3.8) is 0 Å². The van der Waals surface area contributed by atoms with E-state index in [-0.39, 0.29) is 16.7 Å². The monoisotopic (exact) mass is 416 g/mol. The Morgan fingerprint density at radius 2 is 2.11 bits per heavy atom. The minimum Gasteiger partial charge on any atom is -0.359 e. The number of carbonyl (C=O) groups excluding carboxylic acids is 1. The van der Waals surface area contributed by atoms with E-state index in [0.29, 0.717) is 17.1 Å². The molecule has 0 aliphatic carbocycles. The van der Waals surface area contributed by atoms with Crippen LogP contribution < -0.4 is 5.32 Å². The zero-order valence-electron chi connectivity index (χ0n) is 15.7. The fourth-order valence-electron chi connectivity index (χ4n) is 3.18. The largest absolute Gasteiger partial charge is 0.359 e. The standard InChI is InChI=1S/C20H21ClN4O2S/c1-12(23-20(26)17-7-8-18(21)28-17)16-11-15(24-27-16)13-3-5-14(6-4-13)19-22-9-10-25(19)2/h3-7,11-12,18H,8-10H2,1-2H3,(H,23,26)/t12-,18?/m0/s1. The molecule has 0 saturated heterocycles. The number of carbonyl (C=O) groups is 1. The summed E-state index contributed by atoms with van der Waals surface area (Å²) in [7, 11) is 2.05. The Labute approximate surface area is 173 Å². The molecule has 2 aromatic rings. The van der Waals surface area contributed by atoms with Crippen LogP contribution >= 0.6 is 23.4 Å². The van der Waals surface area contributed by atoms with Gasteiger partial charge in [0.25, 0.3) is 5.91 Å². The molecule has 8 heteroatoms. The molecule has 0 spiro atoms. The quantitative estimate of drug-likeness (QED) is 0.751. The lowest BCUT2D eigenvalue weighted by Crippen LogP contribution is -2.26. The zero-order valence-corrected chi connectivity index (χ0v) is 17.3. The molecule has 0 bridgehead atoms. The van der Waals surface area contributed by atoms with Crippen molar-refractivity contribution in [2.45, 2.75) is 24.1 Å². The molecule has 28 heavy (non-hydrogen) atoms. The van der Waals surface area contributed by atoms with E-state index in [1.807, 2.05) is 50.4 Å². The van der Waals surface area contributed by atoms with Crippen LogP contribution in [0.5, 0.6) is 0 Å². The number of amides is 1. The van der Waals surface area contributed by atoms with Crippen LogP contribution in [0.2, 0.25) is 0 Å². The van der Waals surface area contributed by atoms with Crippen LogP contribution in [0.25, 0.3) is 11.3 Å². The lowest BCUT2D eigenvalue weighted by atomic mass is 10.1. The number of benzene rings is 1. The van der Waals surface area contributed by atoms with E-state index >= 15 is 0 Å². The summed E-state index contributed by atoms with van der Waals surface area (Å²) >= 11 is 7.41. The molecule has 2 atom stereocenters. The number of hydrogen-bond acceptors (Lipinski definition) is 6. The number of amidine groups is 1. The highest BCUT2D eigenvalue weighted by Gasteiger charge is 2.23. The van der Waals surface area contributed by atoms with Gasteiger partial charge < -0.3 is 14.7 Å². The van der Waals surface area contributed by atoms with Gasteiger partial charge in [-0.3, -0.25) is 9.79 Å². The average Bonchev–Trinajstić information content (AvgIpc) is 3.42. The smallest absolute Gasteiger partial charge is 0.257 e. The number of thioether (sulfide) groups is 1. The molecule has 2 aliphatic heterocycles. The highest BCUT2D eigenvalue weighted by molar-refractivity contribution is 8.05. The van der Waals surface area contributed by atoms with Gasteiger partial charge in [0, 0.05) is 30.8 Å².